The SMILES string of the molecule is CC[C@H](C)[C@H](NC(=O)[C@H](Cc1ccc(O)cc1)NC(=O)[C@H](Cc1ccc(O)cc1)NC(=O)[C@H](CC(N)=O)NC(=O)[C@H](Cc1c[nH]c2ccccc12)NC(=O)[C@@H](NC(=O)[C@H](Cc1ccccc1)NC(=O)[C@@H](NC(=O)[C@H](C)N)C(C)C)C(C)C)C(=O)N[C@H](C(=O)N[C@@H](CCCNC(=N)N)C(=O)N[C@@H](CCCNC(=N)N)C(=O)N[C@@H](Cc1ccc(O)cc1)C(=O)O)[C@@H](C)CC. The smallest absolute Gasteiger partial charge is 0.326 e. The van der Waals surface area contributed by atoms with Crippen LogP contribution >= 0.6 is 0 Å². The van der Waals surface area contributed by atoms with Gasteiger partial charge in [-0.3, -0.25) is 73.1 Å². The lowest BCUT2D eigenvalue weighted by atomic mass is 9.94. The number of aromatic hydroxyl groups is 3. The van der Waals surface area contributed by atoms with E-state index in [1.807, 2.05) is 0 Å². The zero-order valence-corrected chi connectivity index (χ0v) is 72.7. The number of aliphatic carboxylic acids is 1. The Morgan fingerprint density at radius 1 is 0.362 bits per heavy atom. The van der Waals surface area contributed by atoms with Gasteiger partial charge in [-0.25, -0.2) is 4.79 Å². The topological polar surface area (TPSA) is 656 Å². The van der Waals surface area contributed by atoms with E-state index in [2.05, 4.69) is 79.4 Å². The molecule has 0 saturated heterocycles. The predicted molar refractivity (Wildman–Crippen MR) is 473 cm³/mol. The maximum Gasteiger partial charge on any atom is 0.326 e. The Hall–Kier alpha value is -13.9. The number of phenols is 3. The lowest BCUT2D eigenvalue weighted by molar-refractivity contribution is -0.142. The standard InChI is InChI=1S/C88H123N21O18/c1-10-48(7)72(84(124)99-62(24-18-38-96-88(93)94)75(115)98-61(23-17-37-95-87(91)92)76(116)105-68(86(126)127)42-54-29-35-58(112)36-30-54)109-85(125)73(49(8)11-2)108-81(121)64(41-53-27-33-57(111)34-28-53)101-77(117)63(40-52-25-31-56(110)32-26-52)100-79(119)67(44-69(90)113)102-78(118)66(43-55-45-97-60-22-16-15-21-59(55)60)104-83(123)71(47(5)6)107-80(120)65(39-51-19-13-12-14-20-51)103-82(122)70(46(3)4)106-74(114)50(9)89/h12-16,19-22,25-36,45-50,61-68,70-73,97,110-112H,10-11,17-18,23-24,37-44,89H2,1-9H3,(H2,90,113)(H,98,115)(H,99,124)(H,100,119)(H,101,117)(H,102,118)(H,103,122)(H,104,123)(H,105,116)(H,106,114)(H,107,120)(H,108,121)(H,109,125)(H,126,127)(H4,91,92,95)(H4,93,94,96)/t48-,49-,50-,61-,62-,63-,64-,65-,66-,67-,68-,70-,71-,72-,73-/m0/s1. The molecule has 6 aromatic rings. The lowest BCUT2D eigenvalue weighted by Gasteiger charge is -2.31. The van der Waals surface area contributed by atoms with E-state index < -0.39 is 210 Å². The number of fused-ring (bicyclic) bond motifs is 1. The van der Waals surface area contributed by atoms with Crippen LogP contribution in [0.3, 0.4) is 0 Å². The zero-order valence-electron chi connectivity index (χ0n) is 72.7. The van der Waals surface area contributed by atoms with Gasteiger partial charge in [0.1, 0.15) is 89.8 Å². The molecule has 688 valence electrons. The average molecular weight is 1760 g/mol. The van der Waals surface area contributed by atoms with Crippen molar-refractivity contribution >= 4 is 106 Å². The first kappa shape index (κ1) is 102. The van der Waals surface area contributed by atoms with Crippen LogP contribution in [0.2, 0.25) is 0 Å². The molecule has 29 N–H and O–H groups in total. The lowest BCUT2D eigenvalue weighted by Crippen LogP contribution is -2.63. The Morgan fingerprint density at radius 2 is 0.669 bits per heavy atom. The second-order valence-corrected chi connectivity index (χ2v) is 32.3. The molecule has 0 fully saturated rings. The molecule has 0 aliphatic rings. The van der Waals surface area contributed by atoms with Crippen LogP contribution in [0, 0.1) is 34.5 Å². The normalized spacial score (nSPS) is 14.7. The second-order valence-electron chi connectivity index (χ2n) is 32.3. The van der Waals surface area contributed by atoms with Gasteiger partial charge >= 0.3 is 5.97 Å². The number of rotatable bonds is 51. The van der Waals surface area contributed by atoms with Crippen molar-refractivity contribution in [3.63, 3.8) is 0 Å². The third kappa shape index (κ3) is 33.3. The fourth-order valence-electron chi connectivity index (χ4n) is 13.7. The molecule has 0 spiro atoms. The molecule has 0 unspecified atom stereocenters. The second kappa shape index (κ2) is 50.2. The van der Waals surface area contributed by atoms with Crippen LogP contribution < -0.4 is 97.4 Å². The molecule has 1 heterocycles. The summed E-state index contributed by atoms with van der Waals surface area (Å²) in [4.78, 5) is 205. The van der Waals surface area contributed by atoms with Crippen molar-refractivity contribution in [1.29, 1.82) is 10.8 Å². The van der Waals surface area contributed by atoms with Gasteiger partial charge < -0.3 is 123 Å². The molecule has 13 amide bonds. The Bertz CT molecular complexity index is 4760. The van der Waals surface area contributed by atoms with E-state index in [-0.39, 0.29) is 94.5 Å². The van der Waals surface area contributed by atoms with Gasteiger partial charge in [0, 0.05) is 62.3 Å². The average Bonchev–Trinajstić information content (AvgIpc) is 1.72. The van der Waals surface area contributed by atoms with Gasteiger partial charge in [-0.1, -0.05) is 153 Å². The van der Waals surface area contributed by atoms with Gasteiger partial charge in [0.25, 0.3) is 0 Å². The number of para-hydroxylation sites is 1. The van der Waals surface area contributed by atoms with Crippen LogP contribution in [0.4, 0.5) is 0 Å². The van der Waals surface area contributed by atoms with Crippen LogP contribution in [0.1, 0.15) is 135 Å². The van der Waals surface area contributed by atoms with Crippen molar-refractivity contribution in [2.75, 3.05) is 13.1 Å². The third-order valence-electron chi connectivity index (χ3n) is 21.4. The van der Waals surface area contributed by atoms with Gasteiger partial charge in [0.15, 0.2) is 11.9 Å². The number of aromatic amines is 1. The van der Waals surface area contributed by atoms with E-state index >= 15 is 24.0 Å². The molecule has 39 nitrogen and oxygen atoms in total. The minimum atomic E-state index is -1.93. The van der Waals surface area contributed by atoms with Crippen LogP contribution in [-0.4, -0.2) is 212 Å². The minimum Gasteiger partial charge on any atom is -0.508 e. The Labute approximate surface area is 736 Å². The number of H-pyrrole nitrogens is 1. The number of hydrogen-bond acceptors (Lipinski definition) is 20. The molecule has 5 aromatic carbocycles. The molecule has 6 rings (SSSR count). The van der Waals surface area contributed by atoms with Crippen molar-refractivity contribution in [2.24, 2.45) is 46.6 Å². The summed E-state index contributed by atoms with van der Waals surface area (Å²) in [6, 6.07) is 12.8. The molecule has 0 saturated carbocycles. The maximum absolute atomic E-state index is 15.4. The molecule has 1 aromatic heterocycles. The summed E-state index contributed by atoms with van der Waals surface area (Å²) in [5.41, 5.74) is 25.5. The number of carbonyl (C=O) groups excluding carboxylic acids is 13. The Morgan fingerprint density at radius 3 is 1.07 bits per heavy atom. The molecule has 0 radical (unpaired) electrons. The van der Waals surface area contributed by atoms with Crippen molar-refractivity contribution in [3.8, 4) is 17.2 Å². The first-order valence-corrected chi connectivity index (χ1v) is 42.1. The van der Waals surface area contributed by atoms with Crippen molar-refractivity contribution in [3.05, 3.63) is 161 Å². The number of carboxylic acids is 1. The Balaban J connectivity index is 1.31. The summed E-state index contributed by atoms with van der Waals surface area (Å²) in [5, 5.41) is 94.0. The highest BCUT2D eigenvalue weighted by molar-refractivity contribution is 6.01. The van der Waals surface area contributed by atoms with E-state index in [0.29, 0.717) is 38.7 Å². The fraction of sp³-hybridized carbons (Fsp3) is 0.455. The molecule has 127 heavy (non-hydrogen) atoms. The summed E-state index contributed by atoms with van der Waals surface area (Å²) < 4.78 is 0. The third-order valence-corrected chi connectivity index (χ3v) is 21.4. The number of guanidine groups is 2. The van der Waals surface area contributed by atoms with Gasteiger partial charge in [0.05, 0.1) is 12.5 Å². The fourth-order valence-corrected chi connectivity index (χ4v) is 13.7. The number of amides is 13. The number of aromatic nitrogens is 1. The number of primary amides is 1. The number of carboxylic acid groups (broad SMARTS) is 1. The molecule has 0 aliphatic heterocycles. The number of hydrogen-bond donors (Lipinski definition) is 25. The maximum atomic E-state index is 15.4. The van der Waals surface area contributed by atoms with E-state index in [0.717, 1.165) is 0 Å². The molecular weight excluding hydrogens is 1640 g/mol. The van der Waals surface area contributed by atoms with Crippen LogP contribution in [0.25, 0.3) is 10.9 Å². The van der Waals surface area contributed by atoms with E-state index in [9.17, 15) is 63.6 Å². The Kier molecular flexibility index (Phi) is 40.3. The molecule has 15 atom stereocenters. The predicted octanol–water partition coefficient (Wildman–Crippen LogP) is -0.146. The molecule has 39 heteroatoms. The molecular formula is C88H123N21O18. The van der Waals surface area contributed by atoms with Gasteiger partial charge in [0.2, 0.25) is 76.8 Å². The highest BCUT2D eigenvalue weighted by Gasteiger charge is 2.41. The van der Waals surface area contributed by atoms with Crippen LogP contribution in [-0.2, 0) is 99.2 Å². The van der Waals surface area contributed by atoms with Crippen molar-refractivity contribution < 1.29 is 87.5 Å². The van der Waals surface area contributed by atoms with Crippen LogP contribution in [0.5, 0.6) is 17.2 Å². The number of nitrogens with one attached hydrogen (secondary N) is 17. The summed E-state index contributed by atoms with van der Waals surface area (Å²) >= 11 is 0. The quantitative estimate of drug-likeness (QED) is 0.0134. The number of nitrogens with two attached hydrogens (primary N) is 4. The summed E-state index contributed by atoms with van der Waals surface area (Å²) in [6.45, 7) is 14.8. The summed E-state index contributed by atoms with van der Waals surface area (Å²) in [6.07, 6.45) is -0.430. The number of phenolic OH excluding ortho intramolecular Hbond substituents is 3. The monoisotopic (exact) mass is 1760 g/mol. The van der Waals surface area contributed by atoms with E-state index in [1.54, 1.807) is 116 Å². The van der Waals surface area contributed by atoms with Gasteiger partial charge in [-0.05, 0) is 127 Å². The highest BCUT2D eigenvalue weighted by atomic mass is 16.4. The largest absolute Gasteiger partial charge is 0.508 e. The first-order valence-electron chi connectivity index (χ1n) is 42.1. The van der Waals surface area contributed by atoms with Crippen molar-refractivity contribution in [1.82, 2.24) is 79.4 Å². The van der Waals surface area contributed by atoms with Gasteiger partial charge in [-0.15, -0.1) is 0 Å². The highest BCUT2D eigenvalue weighted by Crippen LogP contribution is 2.23. The van der Waals surface area contributed by atoms with E-state index in [1.165, 1.54) is 79.7 Å². The number of carbonyl (C=O) groups is 14. The summed E-state index contributed by atoms with van der Waals surface area (Å²) in [7, 11) is 0. The number of benzene rings is 5. The van der Waals surface area contributed by atoms with E-state index in [4.69, 9.17) is 33.8 Å². The van der Waals surface area contributed by atoms with Crippen molar-refractivity contribution in [2.45, 2.75) is 218 Å². The molecule has 0 bridgehead atoms. The molecule has 0 aliphatic carbocycles. The first-order chi connectivity index (χ1) is 60.1. The van der Waals surface area contributed by atoms with Gasteiger partial charge in [-0.2, -0.15) is 0 Å². The minimum absolute atomic E-state index is 0.0191. The van der Waals surface area contributed by atoms with Crippen LogP contribution in [0.15, 0.2) is 134 Å². The zero-order chi connectivity index (χ0) is 93.9. The summed E-state index contributed by atoms with van der Waals surface area (Å²) in [5.74, 6) is -17.6.